The van der Waals surface area contributed by atoms with Gasteiger partial charge in [0.1, 0.15) is 0 Å². The lowest BCUT2D eigenvalue weighted by molar-refractivity contribution is 0.106. The number of aliphatic imine (C=N–C) groups is 1. The number of nitrogens with one attached hydrogen (secondary N) is 2. The van der Waals surface area contributed by atoms with E-state index in [0.29, 0.717) is 13.1 Å². The highest BCUT2D eigenvalue weighted by atomic mass is 127. The molecule has 1 unspecified atom stereocenters. The minimum atomic E-state index is -0.0365. The quantitative estimate of drug-likeness (QED) is 0.359. The fourth-order valence-corrected chi connectivity index (χ4v) is 2.75. The summed E-state index contributed by atoms with van der Waals surface area (Å²) in [5.41, 5.74) is 2.20. The van der Waals surface area contributed by atoms with E-state index in [0.717, 1.165) is 35.1 Å². The average Bonchev–Trinajstić information content (AvgIpc) is 3.15. The molecule has 0 fully saturated rings. The minimum Gasteiger partial charge on any atom is -0.454 e. The van der Waals surface area contributed by atoms with E-state index in [-0.39, 0.29) is 36.9 Å². The molecule has 146 valence electrons. The molecule has 2 aromatic rings. The normalized spacial score (nSPS) is 13.6. The van der Waals surface area contributed by atoms with Crippen molar-refractivity contribution in [3.63, 3.8) is 0 Å². The van der Waals surface area contributed by atoms with Gasteiger partial charge in [-0.1, -0.05) is 36.4 Å². The highest BCUT2D eigenvalue weighted by Crippen LogP contribution is 2.32. The van der Waals surface area contributed by atoms with Crippen LogP contribution in [0.15, 0.2) is 53.5 Å². The van der Waals surface area contributed by atoms with Crippen LogP contribution in [0.3, 0.4) is 0 Å². The maximum absolute atomic E-state index is 5.60. The summed E-state index contributed by atoms with van der Waals surface area (Å²) in [7, 11) is 1.72. The van der Waals surface area contributed by atoms with Crippen molar-refractivity contribution in [2.75, 3.05) is 27.0 Å². The Morgan fingerprint density at radius 1 is 1.11 bits per heavy atom. The van der Waals surface area contributed by atoms with Gasteiger partial charge in [-0.25, -0.2) is 4.99 Å². The van der Waals surface area contributed by atoms with Crippen molar-refractivity contribution in [1.82, 2.24) is 10.6 Å². The van der Waals surface area contributed by atoms with E-state index in [1.807, 2.05) is 43.3 Å². The number of nitrogens with zero attached hydrogens (tertiary/aromatic N) is 1. The van der Waals surface area contributed by atoms with Crippen LogP contribution in [0.1, 0.15) is 24.2 Å². The second-order valence-corrected chi connectivity index (χ2v) is 5.90. The van der Waals surface area contributed by atoms with Gasteiger partial charge in [0, 0.05) is 20.2 Å². The number of hydrogen-bond acceptors (Lipinski definition) is 4. The molecular formula is C20H26IN3O3. The predicted molar refractivity (Wildman–Crippen MR) is 117 cm³/mol. The summed E-state index contributed by atoms with van der Waals surface area (Å²) in [6.07, 6.45) is -0.0365. The minimum absolute atomic E-state index is 0. The molecule has 2 aromatic carbocycles. The summed E-state index contributed by atoms with van der Waals surface area (Å²) in [4.78, 5) is 4.65. The van der Waals surface area contributed by atoms with Gasteiger partial charge >= 0.3 is 0 Å². The first kappa shape index (κ1) is 21.3. The number of hydrogen-bond donors (Lipinski definition) is 2. The third-order valence-electron chi connectivity index (χ3n) is 4.11. The second kappa shape index (κ2) is 11.0. The van der Waals surface area contributed by atoms with Gasteiger partial charge < -0.3 is 24.8 Å². The molecule has 1 aliphatic heterocycles. The molecule has 27 heavy (non-hydrogen) atoms. The van der Waals surface area contributed by atoms with Crippen molar-refractivity contribution >= 4 is 29.9 Å². The van der Waals surface area contributed by atoms with Crippen molar-refractivity contribution in [1.29, 1.82) is 0 Å². The van der Waals surface area contributed by atoms with Crippen LogP contribution < -0.4 is 20.1 Å². The monoisotopic (exact) mass is 483 g/mol. The number of fused-ring (bicyclic) bond motifs is 1. The third-order valence-corrected chi connectivity index (χ3v) is 4.11. The van der Waals surface area contributed by atoms with E-state index in [9.17, 15) is 0 Å². The van der Waals surface area contributed by atoms with Crippen molar-refractivity contribution in [3.8, 4) is 11.5 Å². The van der Waals surface area contributed by atoms with E-state index in [4.69, 9.17) is 14.2 Å². The third kappa shape index (κ3) is 6.00. The van der Waals surface area contributed by atoms with Gasteiger partial charge in [0.15, 0.2) is 17.5 Å². The molecule has 0 saturated heterocycles. The smallest absolute Gasteiger partial charge is 0.231 e. The number of halogens is 1. The van der Waals surface area contributed by atoms with Crippen LogP contribution in [0.2, 0.25) is 0 Å². The lowest BCUT2D eigenvalue weighted by Gasteiger charge is -2.18. The average molecular weight is 483 g/mol. The second-order valence-electron chi connectivity index (χ2n) is 5.90. The Labute approximate surface area is 177 Å². The van der Waals surface area contributed by atoms with Crippen LogP contribution in [0, 0.1) is 0 Å². The summed E-state index contributed by atoms with van der Waals surface area (Å²) in [5.74, 6) is 2.32. The SMILES string of the molecule is CCNC(=NCc1ccc2c(c1)OCO2)NCC(OC)c1ccccc1.I. The van der Waals surface area contributed by atoms with Crippen molar-refractivity contribution in [3.05, 3.63) is 59.7 Å². The summed E-state index contributed by atoms with van der Waals surface area (Å²) in [6.45, 7) is 4.30. The van der Waals surface area contributed by atoms with Crippen LogP contribution in [0.25, 0.3) is 0 Å². The molecule has 7 heteroatoms. The first-order valence-electron chi connectivity index (χ1n) is 8.78. The molecule has 0 bridgehead atoms. The Morgan fingerprint density at radius 3 is 2.63 bits per heavy atom. The van der Waals surface area contributed by atoms with Gasteiger partial charge in [-0.05, 0) is 30.2 Å². The molecule has 0 aromatic heterocycles. The topological polar surface area (TPSA) is 64.1 Å². The molecule has 0 spiro atoms. The van der Waals surface area contributed by atoms with Gasteiger partial charge in [-0.3, -0.25) is 0 Å². The standard InChI is InChI=1S/C20H25N3O3.HI/c1-3-21-20(23-13-19(24-2)16-7-5-4-6-8-16)22-12-15-9-10-17-18(11-15)26-14-25-17;/h4-11,19H,3,12-14H2,1-2H3,(H2,21,22,23);1H. The molecule has 0 radical (unpaired) electrons. The molecule has 0 amide bonds. The zero-order valence-electron chi connectivity index (χ0n) is 15.6. The Balaban J connectivity index is 0.00000261. The number of rotatable bonds is 7. The summed E-state index contributed by atoms with van der Waals surface area (Å²) < 4.78 is 16.4. The van der Waals surface area contributed by atoms with Crippen LogP contribution in [0.4, 0.5) is 0 Å². The highest BCUT2D eigenvalue weighted by molar-refractivity contribution is 14.0. The molecule has 0 saturated carbocycles. The van der Waals surface area contributed by atoms with E-state index in [2.05, 4.69) is 27.8 Å². The van der Waals surface area contributed by atoms with Gasteiger partial charge in [0.2, 0.25) is 6.79 Å². The van der Waals surface area contributed by atoms with E-state index in [1.165, 1.54) is 0 Å². The number of methoxy groups -OCH3 is 1. The van der Waals surface area contributed by atoms with Gasteiger partial charge in [-0.2, -0.15) is 0 Å². The van der Waals surface area contributed by atoms with Crippen molar-refractivity contribution in [2.45, 2.75) is 19.6 Å². The molecular weight excluding hydrogens is 457 g/mol. The fourth-order valence-electron chi connectivity index (χ4n) is 2.75. The lowest BCUT2D eigenvalue weighted by Crippen LogP contribution is -2.39. The summed E-state index contributed by atoms with van der Waals surface area (Å²) >= 11 is 0. The first-order valence-corrected chi connectivity index (χ1v) is 8.78. The molecule has 1 heterocycles. The van der Waals surface area contributed by atoms with Crippen molar-refractivity contribution in [2.24, 2.45) is 4.99 Å². The van der Waals surface area contributed by atoms with E-state index >= 15 is 0 Å². The molecule has 3 rings (SSSR count). The van der Waals surface area contributed by atoms with Crippen LogP contribution in [-0.4, -0.2) is 33.0 Å². The summed E-state index contributed by atoms with van der Waals surface area (Å²) in [6, 6.07) is 16.0. The predicted octanol–water partition coefficient (Wildman–Crippen LogP) is 3.48. The fraction of sp³-hybridized carbons (Fsp3) is 0.350. The molecule has 1 aliphatic rings. The molecule has 0 aliphatic carbocycles. The van der Waals surface area contributed by atoms with Gasteiger partial charge in [-0.15, -0.1) is 24.0 Å². The maximum Gasteiger partial charge on any atom is 0.231 e. The Hall–Kier alpha value is -2.00. The van der Waals surface area contributed by atoms with Crippen molar-refractivity contribution < 1.29 is 14.2 Å². The Morgan fingerprint density at radius 2 is 1.89 bits per heavy atom. The molecule has 1 atom stereocenters. The number of benzene rings is 2. The van der Waals surface area contributed by atoms with Crippen LogP contribution in [-0.2, 0) is 11.3 Å². The summed E-state index contributed by atoms with van der Waals surface area (Å²) in [5, 5.41) is 6.61. The largest absolute Gasteiger partial charge is 0.454 e. The maximum atomic E-state index is 5.60. The zero-order valence-corrected chi connectivity index (χ0v) is 17.9. The van der Waals surface area contributed by atoms with Gasteiger partial charge in [0.25, 0.3) is 0 Å². The van der Waals surface area contributed by atoms with Gasteiger partial charge in [0.05, 0.1) is 12.6 Å². The zero-order chi connectivity index (χ0) is 18.2. The Bertz CT molecular complexity index is 741. The Kier molecular flexibility index (Phi) is 8.66. The lowest BCUT2D eigenvalue weighted by atomic mass is 10.1. The first-order chi connectivity index (χ1) is 12.8. The van der Waals surface area contributed by atoms with E-state index in [1.54, 1.807) is 7.11 Å². The molecule has 6 nitrogen and oxygen atoms in total. The van der Waals surface area contributed by atoms with Crippen LogP contribution >= 0.6 is 24.0 Å². The van der Waals surface area contributed by atoms with Crippen LogP contribution in [0.5, 0.6) is 11.5 Å². The van der Waals surface area contributed by atoms with E-state index < -0.39 is 0 Å². The molecule has 2 N–H and O–H groups in total. The number of ether oxygens (including phenoxy) is 3. The number of guanidine groups is 1. The highest BCUT2D eigenvalue weighted by Gasteiger charge is 2.13.